The van der Waals surface area contributed by atoms with E-state index < -0.39 is 17.9 Å². The number of ether oxygens (including phenoxy) is 2. The summed E-state index contributed by atoms with van der Waals surface area (Å²) in [4.78, 5) is 26.7. The molecule has 0 spiro atoms. The summed E-state index contributed by atoms with van der Waals surface area (Å²) in [5.74, 6) is -1.54. The van der Waals surface area contributed by atoms with Gasteiger partial charge in [0.25, 0.3) is 0 Å². The Kier molecular flexibility index (Phi) is 5.17. The third-order valence-corrected chi connectivity index (χ3v) is 4.21. The van der Waals surface area contributed by atoms with Crippen molar-refractivity contribution in [2.45, 2.75) is 5.92 Å². The molecular weight excluding hydrogens is 330 g/mol. The highest BCUT2D eigenvalue weighted by molar-refractivity contribution is 5.99. The van der Waals surface area contributed by atoms with Crippen molar-refractivity contribution in [3.05, 3.63) is 89.8 Å². The standard InChI is InChI=1S/C21H19NO4/c1-25-20(23)17-13-22(16-11-7-4-8-12-16)14-18(21(24)26-2)19(17)15-9-5-3-6-10-15/h3-14,19H,1-2H3. The summed E-state index contributed by atoms with van der Waals surface area (Å²) in [5.41, 5.74) is 2.37. The van der Waals surface area contributed by atoms with Gasteiger partial charge in [-0.15, -0.1) is 0 Å². The summed E-state index contributed by atoms with van der Waals surface area (Å²) in [7, 11) is 2.66. The lowest BCUT2D eigenvalue weighted by atomic mass is 9.83. The van der Waals surface area contributed by atoms with E-state index in [-0.39, 0.29) is 0 Å². The maximum atomic E-state index is 12.5. The molecule has 0 bridgehead atoms. The maximum absolute atomic E-state index is 12.5. The largest absolute Gasteiger partial charge is 0.466 e. The van der Waals surface area contributed by atoms with Gasteiger partial charge in [-0.05, 0) is 17.7 Å². The van der Waals surface area contributed by atoms with E-state index in [0.29, 0.717) is 11.1 Å². The van der Waals surface area contributed by atoms with Crippen LogP contribution in [0.3, 0.4) is 0 Å². The molecule has 0 fully saturated rings. The zero-order valence-corrected chi connectivity index (χ0v) is 14.6. The third-order valence-electron chi connectivity index (χ3n) is 4.21. The molecule has 132 valence electrons. The van der Waals surface area contributed by atoms with Crippen LogP contribution in [0.2, 0.25) is 0 Å². The number of carbonyl (C=O) groups excluding carboxylic acids is 2. The molecule has 2 aromatic carbocycles. The minimum atomic E-state index is -0.559. The number of methoxy groups -OCH3 is 2. The summed E-state index contributed by atoms with van der Waals surface area (Å²) in [6.45, 7) is 0. The molecule has 2 aromatic rings. The molecule has 0 atom stereocenters. The van der Waals surface area contributed by atoms with E-state index in [2.05, 4.69) is 0 Å². The van der Waals surface area contributed by atoms with E-state index in [9.17, 15) is 9.59 Å². The van der Waals surface area contributed by atoms with Crippen molar-refractivity contribution < 1.29 is 19.1 Å². The van der Waals surface area contributed by atoms with Crippen LogP contribution in [-0.2, 0) is 19.1 Å². The maximum Gasteiger partial charge on any atom is 0.336 e. The lowest BCUT2D eigenvalue weighted by Crippen LogP contribution is -2.28. The van der Waals surface area contributed by atoms with Gasteiger partial charge in [0.05, 0.1) is 31.3 Å². The average molecular weight is 349 g/mol. The van der Waals surface area contributed by atoms with Crippen molar-refractivity contribution in [3.8, 4) is 0 Å². The fourth-order valence-corrected chi connectivity index (χ4v) is 2.98. The first-order chi connectivity index (χ1) is 12.7. The zero-order chi connectivity index (χ0) is 18.5. The van der Waals surface area contributed by atoms with Gasteiger partial charge in [0, 0.05) is 18.1 Å². The van der Waals surface area contributed by atoms with Crippen molar-refractivity contribution in [1.29, 1.82) is 0 Å². The Labute approximate surface area is 152 Å². The second kappa shape index (κ2) is 7.70. The van der Waals surface area contributed by atoms with Crippen molar-refractivity contribution in [2.24, 2.45) is 0 Å². The van der Waals surface area contributed by atoms with Gasteiger partial charge in [0.1, 0.15) is 0 Å². The first-order valence-electron chi connectivity index (χ1n) is 8.14. The number of rotatable bonds is 4. The number of hydrogen-bond donors (Lipinski definition) is 0. The number of esters is 2. The van der Waals surface area contributed by atoms with Crippen LogP contribution in [0.25, 0.3) is 0 Å². The second-order valence-corrected chi connectivity index (χ2v) is 5.74. The topological polar surface area (TPSA) is 55.8 Å². The van der Waals surface area contributed by atoms with Crippen molar-refractivity contribution in [1.82, 2.24) is 0 Å². The Morgan fingerprint density at radius 3 is 1.69 bits per heavy atom. The van der Waals surface area contributed by atoms with E-state index in [1.165, 1.54) is 14.2 Å². The third kappa shape index (κ3) is 3.37. The molecule has 0 aliphatic carbocycles. The van der Waals surface area contributed by atoms with Gasteiger partial charge in [0.2, 0.25) is 0 Å². The first kappa shape index (κ1) is 17.5. The predicted octanol–water partition coefficient (Wildman–Crippen LogP) is 3.40. The molecule has 1 aliphatic heterocycles. The van der Waals surface area contributed by atoms with Crippen molar-refractivity contribution in [2.75, 3.05) is 19.1 Å². The Bertz CT molecular complexity index is 822. The molecular formula is C21H19NO4. The van der Waals surface area contributed by atoms with E-state index in [0.717, 1.165) is 11.3 Å². The summed E-state index contributed by atoms with van der Waals surface area (Å²) >= 11 is 0. The predicted molar refractivity (Wildman–Crippen MR) is 98.3 cm³/mol. The minimum Gasteiger partial charge on any atom is -0.466 e. The van der Waals surface area contributed by atoms with Crippen LogP contribution in [0.4, 0.5) is 5.69 Å². The second-order valence-electron chi connectivity index (χ2n) is 5.74. The van der Waals surface area contributed by atoms with Gasteiger partial charge in [-0.25, -0.2) is 9.59 Å². The summed E-state index contributed by atoms with van der Waals surface area (Å²) < 4.78 is 9.95. The average Bonchev–Trinajstić information content (AvgIpc) is 2.72. The fourth-order valence-electron chi connectivity index (χ4n) is 2.98. The molecule has 0 saturated heterocycles. The molecule has 5 nitrogen and oxygen atoms in total. The van der Waals surface area contributed by atoms with Crippen LogP contribution >= 0.6 is 0 Å². The number of anilines is 1. The lowest BCUT2D eigenvalue weighted by molar-refractivity contribution is -0.137. The minimum absolute atomic E-state index is 0.366. The van der Waals surface area contributed by atoms with Crippen LogP contribution in [0.1, 0.15) is 11.5 Å². The Morgan fingerprint density at radius 2 is 1.23 bits per heavy atom. The van der Waals surface area contributed by atoms with Gasteiger partial charge in [-0.1, -0.05) is 48.5 Å². The molecule has 5 heteroatoms. The smallest absolute Gasteiger partial charge is 0.336 e. The number of para-hydroxylation sites is 1. The van der Waals surface area contributed by atoms with E-state index in [1.807, 2.05) is 60.7 Å². The van der Waals surface area contributed by atoms with Crippen LogP contribution in [0.5, 0.6) is 0 Å². The highest BCUT2D eigenvalue weighted by Crippen LogP contribution is 2.38. The molecule has 0 amide bonds. The summed E-state index contributed by atoms with van der Waals surface area (Å²) in [6.07, 6.45) is 3.40. The van der Waals surface area contributed by atoms with Crippen LogP contribution in [0, 0.1) is 0 Å². The molecule has 0 saturated carbocycles. The molecule has 0 aromatic heterocycles. The number of hydrogen-bond acceptors (Lipinski definition) is 5. The zero-order valence-electron chi connectivity index (χ0n) is 14.6. The summed E-state index contributed by atoms with van der Waals surface area (Å²) in [5, 5.41) is 0. The Morgan fingerprint density at radius 1 is 0.769 bits per heavy atom. The molecule has 1 aliphatic rings. The molecule has 26 heavy (non-hydrogen) atoms. The van der Waals surface area contributed by atoms with Gasteiger partial charge in [0.15, 0.2) is 0 Å². The van der Waals surface area contributed by atoms with Crippen LogP contribution in [0.15, 0.2) is 84.2 Å². The van der Waals surface area contributed by atoms with Crippen LogP contribution in [-0.4, -0.2) is 26.2 Å². The monoisotopic (exact) mass is 349 g/mol. The Hall–Kier alpha value is -3.34. The highest BCUT2D eigenvalue weighted by atomic mass is 16.5. The van der Waals surface area contributed by atoms with E-state index in [1.54, 1.807) is 17.3 Å². The fraction of sp³-hybridized carbons (Fsp3) is 0.143. The van der Waals surface area contributed by atoms with Crippen molar-refractivity contribution in [3.63, 3.8) is 0 Å². The van der Waals surface area contributed by atoms with Crippen LogP contribution < -0.4 is 4.90 Å². The summed E-state index contributed by atoms with van der Waals surface area (Å²) in [6, 6.07) is 18.8. The quantitative estimate of drug-likeness (QED) is 0.792. The molecule has 3 rings (SSSR count). The number of nitrogens with zero attached hydrogens (tertiary/aromatic N) is 1. The van der Waals surface area contributed by atoms with E-state index in [4.69, 9.17) is 9.47 Å². The van der Waals surface area contributed by atoms with Crippen molar-refractivity contribution >= 4 is 17.6 Å². The highest BCUT2D eigenvalue weighted by Gasteiger charge is 2.35. The Balaban J connectivity index is 2.16. The first-order valence-corrected chi connectivity index (χ1v) is 8.14. The van der Waals surface area contributed by atoms with Gasteiger partial charge >= 0.3 is 11.9 Å². The number of benzene rings is 2. The lowest BCUT2D eigenvalue weighted by Gasteiger charge is -2.30. The van der Waals surface area contributed by atoms with E-state index >= 15 is 0 Å². The number of carbonyl (C=O) groups is 2. The van der Waals surface area contributed by atoms with Gasteiger partial charge in [-0.3, -0.25) is 0 Å². The molecule has 0 N–H and O–H groups in total. The normalized spacial score (nSPS) is 14.3. The molecule has 0 unspecified atom stereocenters. The molecule has 0 radical (unpaired) electrons. The SMILES string of the molecule is COC(=O)C1=CN(c2ccccc2)C=C(C(=O)OC)C1c1ccccc1. The molecule has 1 heterocycles. The van der Waals surface area contributed by atoms with Gasteiger partial charge in [-0.2, -0.15) is 0 Å². The van der Waals surface area contributed by atoms with Gasteiger partial charge < -0.3 is 14.4 Å².